The summed E-state index contributed by atoms with van der Waals surface area (Å²) >= 11 is 0. The van der Waals surface area contributed by atoms with Crippen LogP contribution in [0.1, 0.15) is 5.56 Å². The number of aromatic amines is 1. The van der Waals surface area contributed by atoms with Crippen molar-refractivity contribution in [3.63, 3.8) is 0 Å². The van der Waals surface area contributed by atoms with E-state index in [0.717, 1.165) is 39.0 Å². The number of rotatable bonds is 3. The number of fused-ring (bicyclic) bond motifs is 1. The summed E-state index contributed by atoms with van der Waals surface area (Å²) in [6.07, 6.45) is 3.77. The van der Waals surface area contributed by atoms with Crippen molar-refractivity contribution in [3.8, 4) is 33.8 Å². The molecule has 4 nitrogen and oxygen atoms in total. The molecule has 0 unspecified atom stereocenters. The second kappa shape index (κ2) is 5.98. The van der Waals surface area contributed by atoms with Gasteiger partial charge in [-0.25, -0.2) is 4.98 Å². The molecule has 2 aromatic carbocycles. The molecule has 124 valence electrons. The smallest absolute Gasteiger partial charge is 0.137 e. The number of ether oxygens (including phenoxy) is 1. The van der Waals surface area contributed by atoms with Gasteiger partial charge in [-0.05, 0) is 42.8 Å². The molecule has 0 fully saturated rings. The fourth-order valence-corrected chi connectivity index (χ4v) is 3.10. The maximum atomic E-state index is 9.74. The van der Waals surface area contributed by atoms with E-state index in [0.29, 0.717) is 0 Å². The number of aryl methyl sites for hydroxylation is 1. The lowest BCUT2D eigenvalue weighted by Crippen LogP contribution is -1.88. The Bertz CT molecular complexity index is 1070. The highest BCUT2D eigenvalue weighted by atomic mass is 16.5. The largest absolute Gasteiger partial charge is 0.508 e. The van der Waals surface area contributed by atoms with E-state index in [2.05, 4.69) is 29.0 Å². The van der Waals surface area contributed by atoms with Crippen molar-refractivity contribution < 1.29 is 9.84 Å². The average Bonchev–Trinajstić information content (AvgIpc) is 3.04. The lowest BCUT2D eigenvalue weighted by molar-refractivity contribution is 0.416. The summed E-state index contributed by atoms with van der Waals surface area (Å²) in [7, 11) is 1.68. The number of hydrogen-bond donors (Lipinski definition) is 2. The van der Waals surface area contributed by atoms with E-state index in [-0.39, 0.29) is 5.75 Å². The first-order chi connectivity index (χ1) is 12.2. The predicted octanol–water partition coefficient (Wildman–Crippen LogP) is 4.92. The molecule has 0 saturated heterocycles. The maximum Gasteiger partial charge on any atom is 0.137 e. The van der Waals surface area contributed by atoms with Gasteiger partial charge in [-0.2, -0.15) is 0 Å². The van der Waals surface area contributed by atoms with Crippen LogP contribution in [0.3, 0.4) is 0 Å². The molecule has 0 spiro atoms. The number of benzene rings is 2. The first kappa shape index (κ1) is 15.3. The number of methoxy groups -OCH3 is 1. The molecule has 0 aliphatic heterocycles. The fourth-order valence-electron chi connectivity index (χ4n) is 3.10. The second-order valence-electron chi connectivity index (χ2n) is 6.08. The summed E-state index contributed by atoms with van der Waals surface area (Å²) in [5, 5.41) is 10.8. The summed E-state index contributed by atoms with van der Waals surface area (Å²) in [5.41, 5.74) is 5.95. The quantitative estimate of drug-likeness (QED) is 0.560. The number of aromatic hydroxyl groups is 1. The van der Waals surface area contributed by atoms with Crippen molar-refractivity contribution in [2.24, 2.45) is 0 Å². The Morgan fingerprint density at radius 1 is 1.00 bits per heavy atom. The molecule has 0 aliphatic rings. The maximum absolute atomic E-state index is 9.74. The topological polar surface area (TPSA) is 58.1 Å². The third-order valence-corrected chi connectivity index (χ3v) is 4.36. The van der Waals surface area contributed by atoms with Crippen LogP contribution < -0.4 is 4.74 Å². The highest BCUT2D eigenvalue weighted by molar-refractivity contribution is 5.97. The Kier molecular flexibility index (Phi) is 3.65. The van der Waals surface area contributed by atoms with Crippen molar-refractivity contribution in [1.82, 2.24) is 9.97 Å². The summed E-state index contributed by atoms with van der Waals surface area (Å²) in [6, 6.07) is 15.4. The van der Waals surface area contributed by atoms with Crippen molar-refractivity contribution >= 4 is 11.0 Å². The molecule has 4 heteroatoms. The van der Waals surface area contributed by atoms with Gasteiger partial charge in [0.2, 0.25) is 0 Å². The molecule has 2 N–H and O–H groups in total. The van der Waals surface area contributed by atoms with Crippen LogP contribution in [0, 0.1) is 6.92 Å². The van der Waals surface area contributed by atoms with Crippen molar-refractivity contribution in [2.75, 3.05) is 7.11 Å². The van der Waals surface area contributed by atoms with Gasteiger partial charge in [0.25, 0.3) is 0 Å². The summed E-state index contributed by atoms with van der Waals surface area (Å²) in [5.74, 6) is 1.07. The molecule has 2 heterocycles. The molecule has 25 heavy (non-hydrogen) atoms. The standard InChI is InChI=1S/C21H18N2O2/c1-13-6-7-20(25-2)17(8-13)19-12-23-21-18(19)10-15(11-22-21)14-4-3-5-16(24)9-14/h3-12,24H,1-2H3,(H,22,23). The van der Waals surface area contributed by atoms with Gasteiger partial charge in [-0.1, -0.05) is 23.8 Å². The molecule has 0 radical (unpaired) electrons. The normalized spacial score (nSPS) is 11.0. The van der Waals surface area contributed by atoms with Gasteiger partial charge in [0, 0.05) is 34.5 Å². The molecule has 0 atom stereocenters. The van der Waals surface area contributed by atoms with Gasteiger partial charge >= 0.3 is 0 Å². The molecule has 2 aromatic heterocycles. The number of hydrogen-bond acceptors (Lipinski definition) is 3. The Morgan fingerprint density at radius 2 is 1.88 bits per heavy atom. The minimum Gasteiger partial charge on any atom is -0.508 e. The van der Waals surface area contributed by atoms with Crippen LogP contribution in [-0.4, -0.2) is 22.2 Å². The van der Waals surface area contributed by atoms with Crippen LogP contribution in [0.2, 0.25) is 0 Å². The molecule has 4 rings (SSSR count). The third kappa shape index (κ3) is 2.72. The Morgan fingerprint density at radius 3 is 2.68 bits per heavy atom. The summed E-state index contributed by atoms with van der Waals surface area (Å²) < 4.78 is 5.54. The van der Waals surface area contributed by atoms with Gasteiger partial charge in [-0.3, -0.25) is 0 Å². The van der Waals surface area contributed by atoms with Crippen LogP contribution in [0.25, 0.3) is 33.3 Å². The number of pyridine rings is 1. The third-order valence-electron chi connectivity index (χ3n) is 4.36. The van der Waals surface area contributed by atoms with E-state index in [9.17, 15) is 5.11 Å². The molecule has 4 aromatic rings. The first-order valence-corrected chi connectivity index (χ1v) is 8.07. The number of aromatic nitrogens is 2. The van der Waals surface area contributed by atoms with Crippen LogP contribution in [-0.2, 0) is 0 Å². The van der Waals surface area contributed by atoms with E-state index in [4.69, 9.17) is 4.74 Å². The van der Waals surface area contributed by atoms with Gasteiger partial charge in [0.15, 0.2) is 0 Å². The van der Waals surface area contributed by atoms with E-state index < -0.39 is 0 Å². The van der Waals surface area contributed by atoms with Crippen molar-refractivity contribution in [1.29, 1.82) is 0 Å². The van der Waals surface area contributed by atoms with Gasteiger partial charge < -0.3 is 14.8 Å². The molecule has 0 bridgehead atoms. The molecule has 0 saturated carbocycles. The monoisotopic (exact) mass is 330 g/mol. The molecule has 0 aliphatic carbocycles. The minimum absolute atomic E-state index is 0.243. The number of nitrogens with one attached hydrogen (secondary N) is 1. The summed E-state index contributed by atoms with van der Waals surface area (Å²) in [4.78, 5) is 7.76. The van der Waals surface area contributed by atoms with Gasteiger partial charge in [-0.15, -0.1) is 0 Å². The highest BCUT2D eigenvalue weighted by Gasteiger charge is 2.13. The van der Waals surface area contributed by atoms with Crippen LogP contribution >= 0.6 is 0 Å². The zero-order valence-electron chi connectivity index (χ0n) is 14.1. The number of phenolic OH excluding ortho intramolecular Hbond substituents is 1. The van der Waals surface area contributed by atoms with Crippen LogP contribution in [0.4, 0.5) is 0 Å². The number of phenols is 1. The first-order valence-electron chi connectivity index (χ1n) is 8.07. The van der Waals surface area contributed by atoms with Gasteiger partial charge in [0.1, 0.15) is 17.1 Å². The van der Waals surface area contributed by atoms with Crippen LogP contribution in [0.15, 0.2) is 60.9 Å². The average molecular weight is 330 g/mol. The minimum atomic E-state index is 0.243. The number of H-pyrrole nitrogens is 1. The highest BCUT2D eigenvalue weighted by Crippen LogP contribution is 2.36. The van der Waals surface area contributed by atoms with E-state index in [1.165, 1.54) is 5.56 Å². The van der Waals surface area contributed by atoms with E-state index in [1.807, 2.05) is 36.7 Å². The van der Waals surface area contributed by atoms with Gasteiger partial charge in [0.05, 0.1) is 7.11 Å². The zero-order valence-corrected chi connectivity index (χ0v) is 14.1. The van der Waals surface area contributed by atoms with E-state index >= 15 is 0 Å². The predicted molar refractivity (Wildman–Crippen MR) is 99.9 cm³/mol. The molecular weight excluding hydrogens is 312 g/mol. The van der Waals surface area contributed by atoms with Crippen molar-refractivity contribution in [3.05, 3.63) is 66.5 Å². The van der Waals surface area contributed by atoms with Crippen LogP contribution in [0.5, 0.6) is 11.5 Å². The molecular formula is C21H18N2O2. The van der Waals surface area contributed by atoms with E-state index in [1.54, 1.807) is 19.2 Å². The Hall–Kier alpha value is -3.27. The lowest BCUT2D eigenvalue weighted by atomic mass is 10.00. The fraction of sp³-hybridized carbons (Fsp3) is 0.0952. The second-order valence-corrected chi connectivity index (χ2v) is 6.08. The molecule has 0 amide bonds. The SMILES string of the molecule is COc1ccc(C)cc1-c1c[nH]c2ncc(-c3cccc(O)c3)cc12. The number of nitrogens with zero attached hydrogens (tertiary/aromatic N) is 1. The lowest BCUT2D eigenvalue weighted by Gasteiger charge is -2.09. The Labute approximate surface area is 145 Å². The Balaban J connectivity index is 1.92. The zero-order chi connectivity index (χ0) is 17.4. The summed E-state index contributed by atoms with van der Waals surface area (Å²) in [6.45, 7) is 2.06. The van der Waals surface area contributed by atoms with Crippen molar-refractivity contribution in [2.45, 2.75) is 6.92 Å².